The number of nitrogens with zero attached hydrogens (tertiary/aromatic N) is 1. The van der Waals surface area contributed by atoms with E-state index in [2.05, 4.69) is 36.9 Å². The molecule has 1 atom stereocenters. The number of carbonyl (C=O) groups is 1. The quantitative estimate of drug-likeness (QED) is 0.853. The summed E-state index contributed by atoms with van der Waals surface area (Å²) in [6, 6.07) is 6.33. The van der Waals surface area contributed by atoms with E-state index in [9.17, 15) is 9.90 Å². The van der Waals surface area contributed by atoms with Crippen molar-refractivity contribution >= 4 is 11.7 Å². The standard InChI is InChI=1S/C14H19NO2/c1-10-4-5-11(2)12(8-10)15-7-6-14(3,9-15)13(16)17/h4-5,8H,6-7,9H2,1-3H3,(H,16,17). The van der Waals surface area contributed by atoms with E-state index in [4.69, 9.17) is 0 Å². The second-order valence-electron chi connectivity index (χ2n) is 5.33. The van der Waals surface area contributed by atoms with Crippen molar-refractivity contribution in [3.05, 3.63) is 29.3 Å². The molecular formula is C14H19NO2. The molecule has 0 aliphatic carbocycles. The first-order chi connectivity index (χ1) is 7.92. The van der Waals surface area contributed by atoms with Gasteiger partial charge in [-0.25, -0.2) is 0 Å². The molecule has 1 N–H and O–H groups in total. The zero-order valence-corrected chi connectivity index (χ0v) is 10.7. The first-order valence-corrected chi connectivity index (χ1v) is 5.98. The minimum absolute atomic E-state index is 0.601. The molecule has 3 heteroatoms. The van der Waals surface area contributed by atoms with Gasteiger partial charge in [0.15, 0.2) is 0 Å². The minimum atomic E-state index is -0.690. The Hall–Kier alpha value is -1.51. The maximum atomic E-state index is 11.2. The third-order valence-electron chi connectivity index (χ3n) is 3.69. The molecule has 0 bridgehead atoms. The summed E-state index contributed by atoms with van der Waals surface area (Å²) in [5.74, 6) is -0.690. The van der Waals surface area contributed by atoms with Crippen LogP contribution in [0.4, 0.5) is 5.69 Å². The van der Waals surface area contributed by atoms with E-state index in [0.29, 0.717) is 6.54 Å². The molecule has 3 nitrogen and oxygen atoms in total. The second-order valence-corrected chi connectivity index (χ2v) is 5.33. The van der Waals surface area contributed by atoms with Crippen LogP contribution in [0.1, 0.15) is 24.5 Å². The summed E-state index contributed by atoms with van der Waals surface area (Å²) in [6.07, 6.45) is 0.718. The molecular weight excluding hydrogens is 214 g/mol. The van der Waals surface area contributed by atoms with Crippen molar-refractivity contribution in [2.45, 2.75) is 27.2 Å². The van der Waals surface area contributed by atoms with Crippen LogP contribution in [0.3, 0.4) is 0 Å². The van der Waals surface area contributed by atoms with Crippen LogP contribution in [0.2, 0.25) is 0 Å². The Balaban J connectivity index is 2.26. The highest BCUT2D eigenvalue weighted by molar-refractivity contribution is 5.76. The molecule has 1 aromatic rings. The van der Waals surface area contributed by atoms with Gasteiger partial charge in [0, 0.05) is 18.8 Å². The third kappa shape index (κ3) is 2.14. The number of carboxylic acid groups (broad SMARTS) is 1. The van der Waals surface area contributed by atoms with Gasteiger partial charge in [-0.15, -0.1) is 0 Å². The molecule has 1 aromatic carbocycles. The summed E-state index contributed by atoms with van der Waals surface area (Å²) in [4.78, 5) is 13.4. The fourth-order valence-electron chi connectivity index (χ4n) is 2.40. The SMILES string of the molecule is Cc1ccc(C)c(N2CCC(C)(C(=O)O)C2)c1. The third-order valence-corrected chi connectivity index (χ3v) is 3.69. The predicted octanol–water partition coefficient (Wildman–Crippen LogP) is 2.60. The van der Waals surface area contributed by atoms with Crippen molar-refractivity contribution in [2.75, 3.05) is 18.0 Å². The van der Waals surface area contributed by atoms with Crippen LogP contribution in [0.5, 0.6) is 0 Å². The molecule has 0 aromatic heterocycles. The Morgan fingerprint density at radius 1 is 1.41 bits per heavy atom. The lowest BCUT2D eigenvalue weighted by Crippen LogP contribution is -2.31. The van der Waals surface area contributed by atoms with Crippen LogP contribution in [0.15, 0.2) is 18.2 Å². The Bertz CT molecular complexity index is 456. The molecule has 0 saturated carbocycles. The van der Waals surface area contributed by atoms with Crippen LogP contribution in [0, 0.1) is 19.3 Å². The van der Waals surface area contributed by atoms with Gasteiger partial charge in [0.1, 0.15) is 0 Å². The summed E-state index contributed by atoms with van der Waals surface area (Å²) in [5.41, 5.74) is 3.01. The maximum absolute atomic E-state index is 11.2. The van der Waals surface area contributed by atoms with E-state index in [-0.39, 0.29) is 0 Å². The Labute approximate surface area is 102 Å². The van der Waals surface area contributed by atoms with Crippen LogP contribution in [0.25, 0.3) is 0 Å². The zero-order chi connectivity index (χ0) is 12.6. The fourth-order valence-corrected chi connectivity index (χ4v) is 2.40. The molecule has 17 heavy (non-hydrogen) atoms. The van der Waals surface area contributed by atoms with Crippen LogP contribution in [-0.2, 0) is 4.79 Å². The van der Waals surface area contributed by atoms with Gasteiger partial charge in [0.25, 0.3) is 0 Å². The molecule has 0 spiro atoms. The van der Waals surface area contributed by atoms with Crippen molar-refractivity contribution < 1.29 is 9.90 Å². The van der Waals surface area contributed by atoms with E-state index in [1.165, 1.54) is 16.8 Å². The van der Waals surface area contributed by atoms with Crippen molar-refractivity contribution in [1.82, 2.24) is 0 Å². The number of benzene rings is 1. The predicted molar refractivity (Wildman–Crippen MR) is 68.5 cm³/mol. The van der Waals surface area contributed by atoms with Gasteiger partial charge in [-0.05, 0) is 44.4 Å². The average Bonchev–Trinajstić information content (AvgIpc) is 2.66. The van der Waals surface area contributed by atoms with Gasteiger partial charge < -0.3 is 10.0 Å². The summed E-state index contributed by atoms with van der Waals surface area (Å²) < 4.78 is 0. The molecule has 1 unspecified atom stereocenters. The van der Waals surface area contributed by atoms with Gasteiger partial charge in [-0.1, -0.05) is 12.1 Å². The van der Waals surface area contributed by atoms with E-state index >= 15 is 0 Å². The zero-order valence-electron chi connectivity index (χ0n) is 10.7. The molecule has 1 aliphatic rings. The first kappa shape index (κ1) is 12.0. The Kier molecular flexibility index (Phi) is 2.86. The highest BCUT2D eigenvalue weighted by atomic mass is 16.4. The molecule has 92 valence electrons. The van der Waals surface area contributed by atoms with E-state index in [0.717, 1.165) is 13.0 Å². The fraction of sp³-hybridized carbons (Fsp3) is 0.500. The van der Waals surface area contributed by atoms with Crippen molar-refractivity contribution in [2.24, 2.45) is 5.41 Å². The Morgan fingerprint density at radius 2 is 2.12 bits per heavy atom. The van der Waals surface area contributed by atoms with Crippen molar-refractivity contribution in [3.63, 3.8) is 0 Å². The lowest BCUT2D eigenvalue weighted by molar-refractivity contribution is -0.146. The molecule has 1 fully saturated rings. The normalized spacial score (nSPS) is 24.1. The highest BCUT2D eigenvalue weighted by Crippen LogP contribution is 2.35. The van der Waals surface area contributed by atoms with Crippen molar-refractivity contribution in [3.8, 4) is 0 Å². The van der Waals surface area contributed by atoms with E-state index in [1.807, 2.05) is 6.92 Å². The van der Waals surface area contributed by atoms with Crippen LogP contribution >= 0.6 is 0 Å². The molecule has 1 aliphatic heterocycles. The van der Waals surface area contributed by atoms with Crippen LogP contribution in [-0.4, -0.2) is 24.2 Å². The smallest absolute Gasteiger partial charge is 0.311 e. The molecule has 1 saturated heterocycles. The summed E-state index contributed by atoms with van der Waals surface area (Å²) >= 11 is 0. The molecule has 0 radical (unpaired) electrons. The first-order valence-electron chi connectivity index (χ1n) is 5.98. The van der Waals surface area contributed by atoms with E-state index in [1.54, 1.807) is 0 Å². The number of aryl methyl sites for hydroxylation is 2. The van der Waals surface area contributed by atoms with Gasteiger partial charge in [0.2, 0.25) is 0 Å². The van der Waals surface area contributed by atoms with Gasteiger partial charge in [-0.3, -0.25) is 4.79 Å². The number of anilines is 1. The summed E-state index contributed by atoms with van der Waals surface area (Å²) in [7, 11) is 0. The summed E-state index contributed by atoms with van der Waals surface area (Å²) in [6.45, 7) is 7.40. The number of hydrogen-bond acceptors (Lipinski definition) is 2. The number of carboxylic acids is 1. The van der Waals surface area contributed by atoms with Gasteiger partial charge >= 0.3 is 5.97 Å². The Morgan fingerprint density at radius 3 is 2.71 bits per heavy atom. The lowest BCUT2D eigenvalue weighted by Gasteiger charge is -2.23. The lowest BCUT2D eigenvalue weighted by atomic mass is 9.90. The largest absolute Gasteiger partial charge is 0.481 e. The number of aliphatic carboxylic acids is 1. The van der Waals surface area contributed by atoms with Gasteiger partial charge in [-0.2, -0.15) is 0 Å². The number of rotatable bonds is 2. The van der Waals surface area contributed by atoms with Crippen molar-refractivity contribution in [1.29, 1.82) is 0 Å². The number of hydrogen-bond donors (Lipinski definition) is 1. The van der Waals surface area contributed by atoms with Gasteiger partial charge in [0.05, 0.1) is 5.41 Å². The second kappa shape index (κ2) is 4.06. The summed E-state index contributed by atoms with van der Waals surface area (Å²) in [5, 5.41) is 9.23. The topological polar surface area (TPSA) is 40.5 Å². The average molecular weight is 233 g/mol. The molecule has 0 amide bonds. The highest BCUT2D eigenvalue weighted by Gasteiger charge is 2.40. The van der Waals surface area contributed by atoms with E-state index < -0.39 is 11.4 Å². The molecule has 1 heterocycles. The monoisotopic (exact) mass is 233 g/mol. The minimum Gasteiger partial charge on any atom is -0.481 e. The molecule has 2 rings (SSSR count). The van der Waals surface area contributed by atoms with Crippen LogP contribution < -0.4 is 4.90 Å². The maximum Gasteiger partial charge on any atom is 0.311 e.